The molecule has 4 fully saturated rings. The summed E-state index contributed by atoms with van der Waals surface area (Å²) in [5.41, 5.74) is 1.41. The van der Waals surface area contributed by atoms with E-state index in [1.54, 1.807) is 30.6 Å². The summed E-state index contributed by atoms with van der Waals surface area (Å²) >= 11 is 14.0. The number of aromatic nitrogens is 2. The average Bonchev–Trinajstić information content (AvgIpc) is 3.87. The molecule has 1 unspecified atom stereocenters. The van der Waals surface area contributed by atoms with Crippen LogP contribution in [0.1, 0.15) is 69.1 Å². The zero-order valence-electron chi connectivity index (χ0n) is 29.0. The number of ether oxygens (including phenoxy) is 4. The molecule has 1 aromatic carbocycles. The van der Waals surface area contributed by atoms with Crippen LogP contribution in [0, 0.1) is 17.0 Å². The number of rotatable bonds is 16. The van der Waals surface area contributed by atoms with Crippen LogP contribution in [0.15, 0.2) is 67.3 Å². The predicted octanol–water partition coefficient (Wildman–Crippen LogP) is 7.08. The van der Waals surface area contributed by atoms with Gasteiger partial charge in [-0.15, -0.1) is 11.3 Å². The van der Waals surface area contributed by atoms with Gasteiger partial charge in [-0.3, -0.25) is 15.2 Å². The molecule has 2 bridgehead atoms. The lowest BCUT2D eigenvalue weighted by molar-refractivity contribution is -0.605. The molecule has 1 aliphatic carbocycles. The first-order chi connectivity index (χ1) is 26.1. The average molecular weight is 804 g/mol. The first-order valence-corrected chi connectivity index (χ1v) is 19.3. The zero-order valence-corrected chi connectivity index (χ0v) is 31.3. The van der Waals surface area contributed by atoms with E-state index in [1.807, 2.05) is 6.07 Å². The minimum atomic E-state index is -3.08. The standard InChI is InChI=1S/C38H38Cl2F2N4O7S/c39-28-18-46(49)19-29(40)27(28)15-31(24-5-7-30(53-38(41)42)32(14-24)50-21-22-3-4-22)51-36(47)34-8-6-26(54-34)17-44-35(25-2-1-11-43-16-25)37(48)52-33-20-45-12-9-23(33)10-13-45/h1-2,5-8,11,14,16,18-19,22-23,31,33,35,38,44H,3-4,9-10,12-13,15,17,20-21H2/t31-,33-,35?/m0/s1. The lowest BCUT2D eigenvalue weighted by Crippen LogP contribution is -2.52. The zero-order chi connectivity index (χ0) is 37.8. The highest BCUT2D eigenvalue weighted by atomic mass is 35.5. The molecule has 6 heterocycles. The van der Waals surface area contributed by atoms with E-state index in [0.29, 0.717) is 39.9 Å². The Morgan fingerprint density at radius 3 is 2.48 bits per heavy atom. The molecule has 3 aromatic heterocycles. The van der Waals surface area contributed by atoms with Gasteiger partial charge in [0.05, 0.1) is 6.61 Å². The van der Waals surface area contributed by atoms with Gasteiger partial charge < -0.3 is 24.2 Å². The number of hydrogen-bond acceptors (Lipinski definition) is 11. The highest BCUT2D eigenvalue weighted by Gasteiger charge is 2.38. The number of hydrogen-bond donors (Lipinski definition) is 1. The Labute approximate surface area is 324 Å². The van der Waals surface area contributed by atoms with Crippen LogP contribution < -0.4 is 19.5 Å². The van der Waals surface area contributed by atoms with E-state index in [1.165, 1.54) is 29.5 Å². The van der Waals surface area contributed by atoms with Gasteiger partial charge in [0.2, 0.25) is 0 Å². The van der Waals surface area contributed by atoms with E-state index in [2.05, 4.69) is 15.2 Å². The fourth-order valence-electron chi connectivity index (χ4n) is 6.78. The Balaban J connectivity index is 1.08. The van der Waals surface area contributed by atoms with Crippen molar-refractivity contribution >= 4 is 46.5 Å². The normalized spacial score (nSPS) is 20.4. The maximum atomic E-state index is 13.7. The van der Waals surface area contributed by atoms with Crippen molar-refractivity contribution in [3.8, 4) is 11.5 Å². The summed E-state index contributed by atoms with van der Waals surface area (Å²) < 4.78 is 49.7. The maximum Gasteiger partial charge on any atom is 0.387 e. The highest BCUT2D eigenvalue weighted by Crippen LogP contribution is 2.38. The second-order valence-corrected chi connectivity index (χ2v) is 15.7. The molecule has 11 nitrogen and oxygen atoms in total. The summed E-state index contributed by atoms with van der Waals surface area (Å²) in [6.07, 6.45) is 8.27. The number of fused-ring (bicyclic) bond motifs is 3. The smallest absolute Gasteiger partial charge is 0.387 e. The van der Waals surface area contributed by atoms with Crippen LogP contribution >= 0.6 is 34.5 Å². The molecule has 3 atom stereocenters. The van der Waals surface area contributed by atoms with Crippen molar-refractivity contribution in [2.45, 2.75) is 63.5 Å². The molecule has 54 heavy (non-hydrogen) atoms. The number of carbonyl (C=O) groups excluding carboxylic acids is 2. The molecule has 16 heteroatoms. The lowest BCUT2D eigenvalue weighted by atomic mass is 9.86. The van der Waals surface area contributed by atoms with Crippen LogP contribution in [-0.4, -0.2) is 60.8 Å². The summed E-state index contributed by atoms with van der Waals surface area (Å²) in [7, 11) is 0. The monoisotopic (exact) mass is 802 g/mol. The topological polar surface area (TPSA) is 126 Å². The molecule has 0 radical (unpaired) electrons. The van der Waals surface area contributed by atoms with Crippen LogP contribution in [0.25, 0.3) is 0 Å². The van der Waals surface area contributed by atoms with Gasteiger partial charge in [0.1, 0.15) is 33.2 Å². The number of alkyl halides is 2. The second-order valence-electron chi connectivity index (χ2n) is 13.7. The number of nitrogens with zero attached hydrogens (tertiary/aromatic N) is 3. The van der Waals surface area contributed by atoms with Gasteiger partial charge in [0, 0.05) is 42.3 Å². The van der Waals surface area contributed by atoms with Crippen molar-refractivity contribution in [1.82, 2.24) is 15.2 Å². The molecular weight excluding hydrogens is 765 g/mol. The molecule has 4 aliphatic rings. The number of carbonyl (C=O) groups is 2. The molecular formula is C38H38Cl2F2N4O7S. The third-order valence-electron chi connectivity index (χ3n) is 9.88. The van der Waals surface area contributed by atoms with Crippen LogP contribution in [0.5, 0.6) is 11.5 Å². The number of esters is 2. The van der Waals surface area contributed by atoms with Crippen molar-refractivity contribution in [2.75, 3.05) is 26.2 Å². The minimum Gasteiger partial charge on any atom is -0.619 e. The van der Waals surface area contributed by atoms with Crippen molar-refractivity contribution < 1.29 is 42.0 Å². The van der Waals surface area contributed by atoms with Gasteiger partial charge in [-0.1, -0.05) is 35.3 Å². The van der Waals surface area contributed by atoms with Gasteiger partial charge in [-0.05, 0) is 92.1 Å². The van der Waals surface area contributed by atoms with E-state index in [4.69, 9.17) is 42.1 Å². The third-order valence-corrected chi connectivity index (χ3v) is 11.6. The van der Waals surface area contributed by atoms with Crippen LogP contribution in [0.4, 0.5) is 8.78 Å². The fraction of sp³-hybridized carbons (Fsp3) is 0.421. The van der Waals surface area contributed by atoms with Crippen molar-refractivity contribution in [3.05, 3.63) is 109 Å². The molecule has 4 aromatic rings. The quantitative estimate of drug-likeness (QED) is 0.0714. The predicted molar refractivity (Wildman–Crippen MR) is 196 cm³/mol. The number of halogens is 4. The Kier molecular flexibility index (Phi) is 12.1. The Hall–Kier alpha value is -4.08. The number of benzene rings is 1. The van der Waals surface area contributed by atoms with E-state index in [-0.39, 0.29) is 51.5 Å². The number of thiophene rings is 1. The molecule has 3 saturated heterocycles. The van der Waals surface area contributed by atoms with Crippen LogP contribution in [-0.2, 0) is 27.2 Å². The van der Waals surface area contributed by atoms with Crippen LogP contribution in [0.3, 0.4) is 0 Å². The largest absolute Gasteiger partial charge is 0.619 e. The summed E-state index contributed by atoms with van der Waals surface area (Å²) in [6.45, 7) is 0.274. The van der Waals surface area contributed by atoms with Crippen molar-refractivity contribution in [2.24, 2.45) is 11.8 Å². The second kappa shape index (κ2) is 17.2. The van der Waals surface area contributed by atoms with Gasteiger partial charge in [-0.2, -0.15) is 13.5 Å². The van der Waals surface area contributed by atoms with Gasteiger partial charge in [-0.25, -0.2) is 9.59 Å². The first-order valence-electron chi connectivity index (χ1n) is 17.7. The molecule has 0 spiro atoms. The van der Waals surface area contributed by atoms with Gasteiger partial charge in [0.25, 0.3) is 0 Å². The van der Waals surface area contributed by atoms with Gasteiger partial charge in [0.15, 0.2) is 23.9 Å². The Morgan fingerprint density at radius 1 is 1.04 bits per heavy atom. The van der Waals surface area contributed by atoms with Crippen LogP contribution in [0.2, 0.25) is 10.0 Å². The van der Waals surface area contributed by atoms with Crippen molar-refractivity contribution in [3.63, 3.8) is 0 Å². The number of piperidine rings is 3. The molecule has 1 saturated carbocycles. The molecule has 0 amide bonds. The Morgan fingerprint density at radius 2 is 1.81 bits per heavy atom. The summed E-state index contributed by atoms with van der Waals surface area (Å²) in [5.74, 6) is -0.464. The fourth-order valence-corrected chi connectivity index (χ4v) is 8.22. The summed E-state index contributed by atoms with van der Waals surface area (Å²) in [5, 5.41) is 15.4. The lowest BCUT2D eigenvalue weighted by Gasteiger charge is -2.44. The number of pyridine rings is 2. The molecule has 1 N–H and O–H groups in total. The summed E-state index contributed by atoms with van der Waals surface area (Å²) in [4.78, 5) is 34.9. The first kappa shape index (κ1) is 38.2. The summed E-state index contributed by atoms with van der Waals surface area (Å²) in [6, 6.07) is 10.5. The van der Waals surface area contributed by atoms with E-state index in [9.17, 15) is 23.6 Å². The van der Waals surface area contributed by atoms with E-state index >= 15 is 0 Å². The molecule has 8 rings (SSSR count). The van der Waals surface area contributed by atoms with Crippen molar-refractivity contribution in [1.29, 1.82) is 0 Å². The SMILES string of the molecule is O=C(O[C@@H](Cc1c(Cl)c[n+]([O-])cc1Cl)c1ccc(OC(F)F)c(OCC2CC2)c1)c1ccc(CNC(C(=O)O[C@H]2CN3CCC2CC3)c2cccnc2)s1. The molecule has 3 aliphatic heterocycles. The maximum absolute atomic E-state index is 13.7. The van der Waals surface area contributed by atoms with E-state index < -0.39 is 24.7 Å². The number of nitrogens with one attached hydrogen (secondary N) is 1. The minimum absolute atomic E-state index is 0.0460. The molecule has 286 valence electrons. The highest BCUT2D eigenvalue weighted by molar-refractivity contribution is 7.13. The van der Waals surface area contributed by atoms with Gasteiger partial charge >= 0.3 is 18.6 Å². The van der Waals surface area contributed by atoms with E-state index in [0.717, 1.165) is 62.6 Å². The Bertz CT molecular complexity index is 1920. The third kappa shape index (κ3) is 9.58.